The highest BCUT2D eigenvalue weighted by atomic mass is 16.5. The van der Waals surface area contributed by atoms with E-state index in [0.717, 1.165) is 5.82 Å². The van der Waals surface area contributed by atoms with Crippen molar-refractivity contribution in [3.63, 3.8) is 0 Å². The van der Waals surface area contributed by atoms with E-state index in [9.17, 15) is 14.4 Å². The van der Waals surface area contributed by atoms with Crippen LogP contribution in [-0.4, -0.2) is 74.9 Å². The number of rotatable bonds is 9. The number of urea groups is 1. The minimum atomic E-state index is -1.50. The van der Waals surface area contributed by atoms with Crippen LogP contribution in [0.25, 0.3) is 5.65 Å². The molecule has 0 unspecified atom stereocenters. The average Bonchev–Trinajstić information content (AvgIpc) is 3.46. The summed E-state index contributed by atoms with van der Waals surface area (Å²) < 4.78 is 8.33. The van der Waals surface area contributed by atoms with Crippen LogP contribution in [0.1, 0.15) is 80.9 Å². The van der Waals surface area contributed by atoms with Gasteiger partial charge in [-0.3, -0.25) is 19.3 Å². The Bertz CT molecular complexity index is 1870. The van der Waals surface area contributed by atoms with Crippen LogP contribution in [0.2, 0.25) is 0 Å². The summed E-state index contributed by atoms with van der Waals surface area (Å²) in [5.74, 6) is 0.988. The van der Waals surface area contributed by atoms with Crippen LogP contribution in [0, 0.1) is 0 Å². The monoisotopic (exact) mass is 653 g/mol. The molecule has 2 atom stereocenters. The fraction of sp³-hybridized carbons (Fsp3) is 0.400. The van der Waals surface area contributed by atoms with Gasteiger partial charge >= 0.3 is 6.03 Å². The summed E-state index contributed by atoms with van der Waals surface area (Å²) in [6, 6.07) is 11.9. The Hall–Kier alpha value is -5.17. The Kier molecular flexibility index (Phi) is 9.36. The number of nitrogens with zero attached hydrogens (tertiary/aromatic N) is 6. The number of aldehydes is 1. The van der Waals surface area contributed by atoms with Crippen molar-refractivity contribution in [2.45, 2.75) is 64.0 Å². The number of hydrogen-bond acceptors (Lipinski definition) is 9. The molecule has 13 nitrogen and oxygen atoms in total. The lowest BCUT2D eigenvalue weighted by atomic mass is 9.81. The number of ether oxygens (including phenoxy) is 1. The lowest BCUT2D eigenvalue weighted by Crippen LogP contribution is -2.49. The molecule has 0 radical (unpaired) electrons. The Morgan fingerprint density at radius 3 is 2.46 bits per heavy atom. The van der Waals surface area contributed by atoms with Crippen molar-refractivity contribution in [2.24, 2.45) is 0 Å². The first-order valence-corrected chi connectivity index (χ1v) is 15.8. The fourth-order valence-electron chi connectivity index (χ4n) is 5.30. The fourth-order valence-corrected chi connectivity index (χ4v) is 5.30. The zero-order chi connectivity index (χ0) is 34.9. The highest BCUT2D eigenvalue weighted by Crippen LogP contribution is 2.37. The molecule has 0 saturated carbocycles. The Morgan fingerprint density at radius 1 is 1.02 bits per heavy atom. The Labute approximate surface area is 280 Å². The van der Waals surface area contributed by atoms with Gasteiger partial charge in [-0.1, -0.05) is 65.8 Å². The van der Waals surface area contributed by atoms with E-state index < -0.39 is 29.0 Å². The molecule has 3 amide bonds. The van der Waals surface area contributed by atoms with Gasteiger partial charge in [0.15, 0.2) is 11.9 Å². The first kappa shape index (κ1) is 34.2. The molecule has 1 aromatic carbocycles. The van der Waals surface area contributed by atoms with Crippen LogP contribution >= 0.6 is 0 Å². The number of aromatic nitrogens is 5. The number of carbonyl (C=O) groups is 3. The quantitative estimate of drug-likeness (QED) is 0.177. The van der Waals surface area contributed by atoms with E-state index in [4.69, 9.17) is 4.74 Å². The molecular weight excluding hydrogens is 610 g/mol. The Balaban J connectivity index is 1.39. The number of benzene rings is 1. The molecule has 1 aliphatic carbocycles. The molecule has 0 aliphatic heterocycles. The lowest BCUT2D eigenvalue weighted by Gasteiger charge is -2.34. The second-order valence-corrected chi connectivity index (χ2v) is 14.2. The van der Waals surface area contributed by atoms with Crippen molar-refractivity contribution < 1.29 is 19.1 Å². The Morgan fingerprint density at radius 2 is 1.77 bits per heavy atom. The van der Waals surface area contributed by atoms with Gasteiger partial charge in [0.25, 0.3) is 5.91 Å². The highest BCUT2D eigenvalue weighted by Gasteiger charge is 2.38. The van der Waals surface area contributed by atoms with Crippen LogP contribution in [-0.2, 0) is 21.2 Å². The number of hydrogen-bond donors (Lipinski definition) is 3. The van der Waals surface area contributed by atoms with Gasteiger partial charge < -0.3 is 20.3 Å². The van der Waals surface area contributed by atoms with E-state index in [1.54, 1.807) is 30.4 Å². The second kappa shape index (κ2) is 13.1. The third-order valence-corrected chi connectivity index (χ3v) is 7.85. The van der Waals surface area contributed by atoms with Crippen molar-refractivity contribution in [3.8, 4) is 5.75 Å². The van der Waals surface area contributed by atoms with Crippen LogP contribution in [0.3, 0.4) is 0 Å². The molecule has 1 aliphatic rings. The third kappa shape index (κ3) is 7.36. The SMILES string of the molecule is CN(C)CCNC(=O)c1nc(NC(=O)N[C@@]2(C=O)C=C[C@@H](Oc3ccc4nnc(C(C)(C)C)n4c3)c3ccccc32)cc(C(C)(C)C)n1. The normalized spacial score (nSPS) is 17.6. The zero-order valence-electron chi connectivity index (χ0n) is 28.7. The van der Waals surface area contributed by atoms with Crippen molar-refractivity contribution in [1.29, 1.82) is 0 Å². The molecule has 5 rings (SSSR count). The number of likely N-dealkylation sites (N-methyl/N-ethyl adjacent to an activating group) is 1. The molecule has 0 saturated heterocycles. The maximum absolute atomic E-state index is 13.5. The molecule has 48 heavy (non-hydrogen) atoms. The summed E-state index contributed by atoms with van der Waals surface area (Å²) >= 11 is 0. The average molecular weight is 654 g/mol. The van der Waals surface area contributed by atoms with E-state index >= 15 is 0 Å². The predicted octanol–water partition coefficient (Wildman–Crippen LogP) is 4.31. The minimum absolute atomic E-state index is 0.0660. The minimum Gasteiger partial charge on any atom is -0.480 e. The topological polar surface area (TPSA) is 156 Å². The van der Waals surface area contributed by atoms with Crippen LogP contribution in [0.15, 0.2) is 60.8 Å². The number of amides is 3. The summed E-state index contributed by atoms with van der Waals surface area (Å²) in [5, 5.41) is 17.0. The molecule has 3 aromatic heterocycles. The van der Waals surface area contributed by atoms with E-state index in [0.29, 0.717) is 47.6 Å². The van der Waals surface area contributed by atoms with E-state index in [2.05, 4.69) is 56.9 Å². The van der Waals surface area contributed by atoms with Gasteiger partial charge in [-0.05, 0) is 43.9 Å². The standard InChI is InChI=1S/C35H43N9O4/c1-33(2,3)26-19-27(38-29(37-26)30(46)36-17-18-43(7)8)39-32(47)40-35(21-45)16-15-25(23-11-9-10-12-24(23)35)48-22-13-14-28-41-42-31(34(4,5)6)44(28)20-22/h9-16,19-21,25H,17-18H2,1-8H3,(H,36,46)(H2,37,38,39,40,47)/t25-,35-/m1/s1. The lowest BCUT2D eigenvalue weighted by molar-refractivity contribution is -0.111. The van der Waals surface area contributed by atoms with E-state index in [-0.39, 0.29) is 17.1 Å². The first-order valence-electron chi connectivity index (χ1n) is 15.8. The molecule has 0 fully saturated rings. The molecule has 252 valence electrons. The van der Waals surface area contributed by atoms with Crippen LogP contribution < -0.4 is 20.7 Å². The zero-order valence-corrected chi connectivity index (χ0v) is 28.7. The largest absolute Gasteiger partial charge is 0.480 e. The number of anilines is 1. The van der Waals surface area contributed by atoms with Crippen molar-refractivity contribution in [3.05, 3.63) is 89.3 Å². The van der Waals surface area contributed by atoms with Gasteiger partial charge in [0.05, 0.1) is 11.9 Å². The van der Waals surface area contributed by atoms with Crippen molar-refractivity contribution in [1.82, 2.24) is 40.1 Å². The van der Waals surface area contributed by atoms with E-state index in [1.165, 1.54) is 0 Å². The maximum atomic E-state index is 13.5. The van der Waals surface area contributed by atoms with Crippen molar-refractivity contribution >= 4 is 29.7 Å². The number of carbonyl (C=O) groups excluding carboxylic acids is 3. The molecule has 0 bridgehead atoms. The summed E-state index contributed by atoms with van der Waals surface area (Å²) in [7, 11) is 3.82. The van der Waals surface area contributed by atoms with Gasteiger partial charge in [0, 0.05) is 35.5 Å². The van der Waals surface area contributed by atoms with Gasteiger partial charge in [-0.2, -0.15) is 0 Å². The van der Waals surface area contributed by atoms with E-state index in [1.807, 2.05) is 74.6 Å². The molecule has 3 N–H and O–H groups in total. The molecule has 4 aromatic rings. The predicted molar refractivity (Wildman–Crippen MR) is 182 cm³/mol. The second-order valence-electron chi connectivity index (χ2n) is 14.2. The number of nitrogens with one attached hydrogen (secondary N) is 3. The smallest absolute Gasteiger partial charge is 0.321 e. The van der Waals surface area contributed by atoms with Gasteiger partial charge in [-0.15, -0.1) is 10.2 Å². The molecular formula is C35H43N9O4. The molecule has 3 heterocycles. The molecule has 13 heteroatoms. The maximum Gasteiger partial charge on any atom is 0.321 e. The van der Waals surface area contributed by atoms with Crippen LogP contribution in [0.4, 0.5) is 10.6 Å². The number of fused-ring (bicyclic) bond motifs is 2. The molecule has 0 spiro atoms. The summed E-state index contributed by atoms with van der Waals surface area (Å²) in [6.07, 6.45) is 5.35. The highest BCUT2D eigenvalue weighted by molar-refractivity contribution is 5.94. The summed E-state index contributed by atoms with van der Waals surface area (Å²) in [5.41, 5.74) is 0.375. The van der Waals surface area contributed by atoms with Gasteiger partial charge in [-0.25, -0.2) is 14.8 Å². The van der Waals surface area contributed by atoms with Gasteiger partial charge in [0.2, 0.25) is 5.82 Å². The first-order chi connectivity index (χ1) is 22.6. The summed E-state index contributed by atoms with van der Waals surface area (Å²) in [6.45, 7) is 13.1. The summed E-state index contributed by atoms with van der Waals surface area (Å²) in [4.78, 5) is 49.9. The van der Waals surface area contributed by atoms with Crippen LogP contribution in [0.5, 0.6) is 5.75 Å². The van der Waals surface area contributed by atoms with Gasteiger partial charge in [0.1, 0.15) is 29.0 Å². The third-order valence-electron chi connectivity index (χ3n) is 7.85. The van der Waals surface area contributed by atoms with Crippen molar-refractivity contribution in [2.75, 3.05) is 32.5 Å². The number of pyridine rings is 1.